The molecule has 0 atom stereocenters. The van der Waals surface area contributed by atoms with Crippen molar-refractivity contribution >= 4 is 38.1 Å². The van der Waals surface area contributed by atoms with Gasteiger partial charge < -0.3 is 15.4 Å². The number of sulfonamides is 1. The van der Waals surface area contributed by atoms with Gasteiger partial charge >= 0.3 is 0 Å². The Hall–Kier alpha value is -3.73. The SMILES string of the molecule is CNc1nc(-c2ccc(OC)c(NC(=O)CN(Cc3ccc(C)cc3)S(=O)(=O)c3ccccc3)c2)cs1. The summed E-state index contributed by atoms with van der Waals surface area (Å²) in [5.41, 5.74) is 3.81. The number of nitrogens with zero attached hydrogens (tertiary/aromatic N) is 2. The second-order valence-corrected chi connectivity index (χ2v) is 11.1. The molecule has 1 heterocycles. The predicted octanol–water partition coefficient (Wildman–Crippen LogP) is 5.00. The maximum atomic E-state index is 13.5. The standard InChI is InChI=1S/C27H28N4O4S2/c1-19-9-11-20(12-10-19)16-31(37(33,34)22-7-5-4-6-8-22)17-26(32)29-23-15-21(13-14-25(23)35-3)24-18-36-27(28-2)30-24/h4-15,18H,16-17H2,1-3H3,(H,28,30)(H,29,32). The zero-order chi connectivity index (χ0) is 26.4. The number of benzene rings is 3. The van der Waals surface area contributed by atoms with E-state index in [9.17, 15) is 13.2 Å². The number of carbonyl (C=O) groups is 1. The van der Waals surface area contributed by atoms with Gasteiger partial charge in [-0.05, 0) is 42.8 Å². The summed E-state index contributed by atoms with van der Waals surface area (Å²) in [6, 6.07) is 21.0. The Morgan fingerprint density at radius 2 is 1.78 bits per heavy atom. The number of amides is 1. The third-order valence-corrected chi connectivity index (χ3v) is 8.33. The van der Waals surface area contributed by atoms with Crippen LogP contribution in [0.1, 0.15) is 11.1 Å². The summed E-state index contributed by atoms with van der Waals surface area (Å²) in [5.74, 6) is -0.0339. The van der Waals surface area contributed by atoms with Crippen LogP contribution < -0.4 is 15.4 Å². The van der Waals surface area contributed by atoms with Crippen molar-refractivity contribution in [3.63, 3.8) is 0 Å². The first-order chi connectivity index (χ1) is 17.8. The zero-order valence-electron chi connectivity index (χ0n) is 20.8. The van der Waals surface area contributed by atoms with E-state index < -0.39 is 15.9 Å². The van der Waals surface area contributed by atoms with Gasteiger partial charge in [0.15, 0.2) is 5.13 Å². The topological polar surface area (TPSA) is 101 Å². The number of rotatable bonds is 10. The van der Waals surface area contributed by atoms with Crippen molar-refractivity contribution in [3.05, 3.63) is 89.3 Å². The Morgan fingerprint density at radius 1 is 1.05 bits per heavy atom. The minimum Gasteiger partial charge on any atom is -0.495 e. The molecule has 192 valence electrons. The Labute approximate surface area is 221 Å². The van der Waals surface area contributed by atoms with Crippen LogP contribution >= 0.6 is 11.3 Å². The number of hydrogen-bond acceptors (Lipinski definition) is 7. The summed E-state index contributed by atoms with van der Waals surface area (Å²) in [6.07, 6.45) is 0. The quantitative estimate of drug-likeness (QED) is 0.296. The summed E-state index contributed by atoms with van der Waals surface area (Å²) in [6.45, 7) is 1.63. The minimum atomic E-state index is -3.94. The molecule has 3 aromatic carbocycles. The lowest BCUT2D eigenvalue weighted by Crippen LogP contribution is -2.37. The van der Waals surface area contributed by atoms with Crippen LogP contribution in [0, 0.1) is 6.92 Å². The van der Waals surface area contributed by atoms with Gasteiger partial charge in [-0.25, -0.2) is 13.4 Å². The molecule has 37 heavy (non-hydrogen) atoms. The predicted molar refractivity (Wildman–Crippen MR) is 147 cm³/mol. The van der Waals surface area contributed by atoms with E-state index >= 15 is 0 Å². The molecule has 0 aliphatic rings. The molecule has 0 spiro atoms. The van der Waals surface area contributed by atoms with Gasteiger partial charge in [0.25, 0.3) is 0 Å². The average molecular weight is 537 g/mol. The molecular weight excluding hydrogens is 508 g/mol. The van der Waals surface area contributed by atoms with E-state index in [1.165, 1.54) is 34.9 Å². The fraction of sp³-hybridized carbons (Fsp3) is 0.185. The molecule has 1 aromatic heterocycles. The van der Waals surface area contributed by atoms with Crippen molar-refractivity contribution in [2.45, 2.75) is 18.4 Å². The fourth-order valence-corrected chi connectivity index (χ4v) is 5.79. The molecule has 0 unspecified atom stereocenters. The van der Waals surface area contributed by atoms with Gasteiger partial charge in [-0.1, -0.05) is 48.0 Å². The summed E-state index contributed by atoms with van der Waals surface area (Å²) in [4.78, 5) is 17.8. The number of hydrogen-bond donors (Lipinski definition) is 2. The van der Waals surface area contributed by atoms with Crippen molar-refractivity contribution in [2.75, 3.05) is 31.3 Å². The number of ether oxygens (including phenoxy) is 1. The average Bonchev–Trinajstić information content (AvgIpc) is 3.39. The highest BCUT2D eigenvalue weighted by molar-refractivity contribution is 7.89. The Morgan fingerprint density at radius 3 is 2.43 bits per heavy atom. The van der Waals surface area contributed by atoms with Crippen molar-refractivity contribution < 1.29 is 17.9 Å². The van der Waals surface area contributed by atoms with Crippen molar-refractivity contribution in [3.8, 4) is 17.0 Å². The summed E-state index contributed by atoms with van der Waals surface area (Å²) >= 11 is 1.47. The lowest BCUT2D eigenvalue weighted by atomic mass is 10.1. The van der Waals surface area contributed by atoms with Gasteiger partial charge in [-0.2, -0.15) is 4.31 Å². The monoisotopic (exact) mass is 536 g/mol. The third kappa shape index (κ3) is 6.34. The molecule has 8 nitrogen and oxygen atoms in total. The molecular formula is C27H28N4O4S2. The Bertz CT molecular complexity index is 1470. The summed E-state index contributed by atoms with van der Waals surface area (Å²) in [7, 11) is -0.628. The molecule has 10 heteroatoms. The lowest BCUT2D eigenvalue weighted by molar-refractivity contribution is -0.116. The fourth-order valence-electron chi connectivity index (χ4n) is 3.70. The van der Waals surface area contributed by atoms with E-state index in [0.717, 1.165) is 27.5 Å². The van der Waals surface area contributed by atoms with Crippen LogP contribution in [0.2, 0.25) is 0 Å². The number of nitrogens with one attached hydrogen (secondary N) is 2. The molecule has 0 saturated heterocycles. The van der Waals surface area contributed by atoms with Crippen LogP contribution in [0.3, 0.4) is 0 Å². The number of methoxy groups -OCH3 is 1. The Balaban J connectivity index is 1.61. The molecule has 0 aliphatic heterocycles. The summed E-state index contributed by atoms with van der Waals surface area (Å²) < 4.78 is 33.6. The largest absolute Gasteiger partial charge is 0.495 e. The van der Waals surface area contributed by atoms with Gasteiger partial charge in [0.05, 0.1) is 29.9 Å². The van der Waals surface area contributed by atoms with Crippen molar-refractivity contribution in [2.24, 2.45) is 0 Å². The molecule has 0 radical (unpaired) electrons. The van der Waals surface area contributed by atoms with Crippen molar-refractivity contribution in [1.29, 1.82) is 0 Å². The van der Waals surface area contributed by atoms with E-state index in [1.807, 2.05) is 42.6 Å². The smallest absolute Gasteiger partial charge is 0.243 e. The first kappa shape index (κ1) is 26.3. The van der Waals surface area contributed by atoms with Gasteiger partial charge in [0.2, 0.25) is 15.9 Å². The molecule has 4 aromatic rings. The highest BCUT2D eigenvalue weighted by Gasteiger charge is 2.27. The molecule has 0 aliphatic carbocycles. The van der Waals surface area contributed by atoms with E-state index in [-0.39, 0.29) is 18.0 Å². The lowest BCUT2D eigenvalue weighted by Gasteiger charge is -2.22. The highest BCUT2D eigenvalue weighted by atomic mass is 32.2. The number of thiazole rings is 1. The van der Waals surface area contributed by atoms with Crippen LogP contribution in [-0.2, 0) is 21.4 Å². The van der Waals surface area contributed by atoms with Gasteiger partial charge in [0, 0.05) is 24.5 Å². The van der Waals surface area contributed by atoms with Gasteiger partial charge in [-0.15, -0.1) is 11.3 Å². The molecule has 0 fully saturated rings. The molecule has 2 N–H and O–H groups in total. The number of anilines is 2. The normalized spacial score (nSPS) is 11.4. The zero-order valence-corrected chi connectivity index (χ0v) is 22.4. The first-order valence-corrected chi connectivity index (χ1v) is 13.8. The highest BCUT2D eigenvalue weighted by Crippen LogP contribution is 2.32. The van der Waals surface area contributed by atoms with E-state index in [2.05, 4.69) is 15.6 Å². The van der Waals surface area contributed by atoms with Gasteiger partial charge in [-0.3, -0.25) is 4.79 Å². The first-order valence-electron chi connectivity index (χ1n) is 11.5. The van der Waals surface area contributed by atoms with E-state index in [0.29, 0.717) is 11.4 Å². The maximum Gasteiger partial charge on any atom is 0.243 e. The van der Waals surface area contributed by atoms with Crippen LogP contribution in [-0.4, -0.2) is 44.3 Å². The number of aryl methyl sites for hydroxylation is 1. The molecule has 1 amide bonds. The maximum absolute atomic E-state index is 13.5. The Kier molecular flexibility index (Phi) is 8.22. The van der Waals surface area contributed by atoms with Crippen molar-refractivity contribution in [1.82, 2.24) is 9.29 Å². The van der Waals surface area contributed by atoms with E-state index in [4.69, 9.17) is 4.74 Å². The van der Waals surface area contributed by atoms with E-state index in [1.54, 1.807) is 37.4 Å². The third-order valence-electron chi connectivity index (χ3n) is 5.67. The van der Waals surface area contributed by atoms with Gasteiger partial charge in [0.1, 0.15) is 5.75 Å². The number of carbonyl (C=O) groups excluding carboxylic acids is 1. The van der Waals surface area contributed by atoms with Crippen LogP contribution in [0.4, 0.5) is 10.8 Å². The van der Waals surface area contributed by atoms with Crippen LogP contribution in [0.15, 0.2) is 83.1 Å². The summed E-state index contributed by atoms with van der Waals surface area (Å²) in [5, 5.41) is 8.52. The minimum absolute atomic E-state index is 0.0493. The molecule has 4 rings (SSSR count). The second-order valence-electron chi connectivity index (χ2n) is 8.32. The second kappa shape index (κ2) is 11.5. The molecule has 0 bridgehead atoms. The number of aromatic nitrogens is 1. The van der Waals surface area contributed by atoms with Crippen LogP contribution in [0.5, 0.6) is 5.75 Å². The van der Waals surface area contributed by atoms with Crippen LogP contribution in [0.25, 0.3) is 11.3 Å². The molecule has 0 saturated carbocycles.